The fourth-order valence-electron chi connectivity index (χ4n) is 1.77. The average Bonchev–Trinajstić information content (AvgIpc) is 2.40. The van der Waals surface area contributed by atoms with Crippen LogP contribution in [-0.2, 0) is 0 Å². The van der Waals surface area contributed by atoms with Gasteiger partial charge < -0.3 is 10.6 Å². The molecule has 0 saturated carbocycles. The van der Waals surface area contributed by atoms with Crippen molar-refractivity contribution in [3.8, 4) is 0 Å². The van der Waals surface area contributed by atoms with Crippen LogP contribution in [0.5, 0.6) is 0 Å². The van der Waals surface area contributed by atoms with Crippen molar-refractivity contribution >= 4 is 27.7 Å². The molecule has 0 spiro atoms. The molecule has 2 N–H and O–H groups in total. The predicted molar refractivity (Wildman–Crippen MR) is 82.6 cm³/mol. The van der Waals surface area contributed by atoms with E-state index >= 15 is 0 Å². The summed E-state index contributed by atoms with van der Waals surface area (Å²) in [4.78, 5) is 16.3. The zero-order valence-corrected chi connectivity index (χ0v) is 13.2. The number of aromatic nitrogens is 1. The van der Waals surface area contributed by atoms with E-state index in [2.05, 4.69) is 38.5 Å². The highest BCUT2D eigenvalue weighted by Crippen LogP contribution is 2.17. The van der Waals surface area contributed by atoms with Crippen molar-refractivity contribution in [3.63, 3.8) is 0 Å². The minimum Gasteiger partial charge on any atom is -0.370 e. The number of anilines is 1. The van der Waals surface area contributed by atoms with Crippen LogP contribution in [0.15, 0.2) is 16.7 Å². The van der Waals surface area contributed by atoms with Crippen LogP contribution in [0.1, 0.15) is 49.9 Å². The smallest absolute Gasteiger partial charge is 0.255 e. The van der Waals surface area contributed by atoms with E-state index in [1.165, 1.54) is 12.8 Å². The van der Waals surface area contributed by atoms with Crippen molar-refractivity contribution in [2.75, 3.05) is 18.4 Å². The topological polar surface area (TPSA) is 54.0 Å². The standard InChI is InChI=1S/C14H22BrN3O/c1-3-5-6-7-8-17-14(19)12-9-11(15)10-18-13(12)16-4-2/h9-10H,3-8H2,1-2H3,(H,16,18)(H,17,19). The third kappa shape index (κ3) is 5.59. The quantitative estimate of drug-likeness (QED) is 0.717. The monoisotopic (exact) mass is 327 g/mol. The van der Waals surface area contributed by atoms with Crippen LogP contribution in [-0.4, -0.2) is 24.0 Å². The van der Waals surface area contributed by atoms with Crippen molar-refractivity contribution in [2.45, 2.75) is 39.5 Å². The first-order valence-corrected chi connectivity index (χ1v) is 7.66. The molecular weight excluding hydrogens is 306 g/mol. The van der Waals surface area contributed by atoms with E-state index in [1.54, 1.807) is 12.3 Å². The largest absolute Gasteiger partial charge is 0.370 e. The van der Waals surface area contributed by atoms with Crippen LogP contribution in [0.4, 0.5) is 5.82 Å². The molecule has 1 aromatic heterocycles. The summed E-state index contributed by atoms with van der Waals surface area (Å²) in [6.45, 7) is 5.62. The average molecular weight is 328 g/mol. The Hall–Kier alpha value is -1.10. The van der Waals surface area contributed by atoms with Gasteiger partial charge in [0.1, 0.15) is 5.82 Å². The van der Waals surface area contributed by atoms with E-state index in [4.69, 9.17) is 0 Å². The van der Waals surface area contributed by atoms with Crippen molar-refractivity contribution in [3.05, 3.63) is 22.3 Å². The van der Waals surface area contributed by atoms with Gasteiger partial charge in [-0.25, -0.2) is 4.98 Å². The van der Waals surface area contributed by atoms with Gasteiger partial charge in [-0.1, -0.05) is 26.2 Å². The third-order valence-electron chi connectivity index (χ3n) is 2.76. The van der Waals surface area contributed by atoms with Gasteiger partial charge in [0.25, 0.3) is 5.91 Å². The molecule has 1 heterocycles. The zero-order chi connectivity index (χ0) is 14.1. The molecule has 0 aromatic carbocycles. The molecule has 0 aliphatic rings. The van der Waals surface area contributed by atoms with Crippen LogP contribution in [0.2, 0.25) is 0 Å². The van der Waals surface area contributed by atoms with Crippen LogP contribution in [0, 0.1) is 0 Å². The van der Waals surface area contributed by atoms with Gasteiger partial charge in [0, 0.05) is 23.8 Å². The van der Waals surface area contributed by atoms with Crippen LogP contribution >= 0.6 is 15.9 Å². The Balaban J connectivity index is 2.57. The van der Waals surface area contributed by atoms with Crippen molar-refractivity contribution in [1.29, 1.82) is 0 Å². The Morgan fingerprint density at radius 3 is 2.79 bits per heavy atom. The minimum absolute atomic E-state index is 0.0683. The lowest BCUT2D eigenvalue weighted by molar-refractivity contribution is 0.0953. The third-order valence-corrected chi connectivity index (χ3v) is 3.19. The summed E-state index contributed by atoms with van der Waals surface area (Å²) in [6, 6.07) is 1.80. The highest BCUT2D eigenvalue weighted by molar-refractivity contribution is 9.10. The molecule has 0 aliphatic carbocycles. The Kier molecular flexibility index (Phi) is 7.48. The predicted octanol–water partition coefficient (Wildman–Crippen LogP) is 3.59. The fraction of sp³-hybridized carbons (Fsp3) is 0.571. The summed E-state index contributed by atoms with van der Waals surface area (Å²) >= 11 is 3.35. The van der Waals surface area contributed by atoms with Gasteiger partial charge in [-0.15, -0.1) is 0 Å². The minimum atomic E-state index is -0.0683. The Bertz CT molecular complexity index is 410. The van der Waals surface area contributed by atoms with Crippen LogP contribution in [0.3, 0.4) is 0 Å². The maximum Gasteiger partial charge on any atom is 0.255 e. The Morgan fingerprint density at radius 2 is 2.11 bits per heavy atom. The molecule has 0 saturated heterocycles. The van der Waals surface area contributed by atoms with Gasteiger partial charge in [0.05, 0.1) is 5.56 Å². The van der Waals surface area contributed by atoms with E-state index in [0.717, 1.165) is 30.4 Å². The molecule has 0 unspecified atom stereocenters. The van der Waals surface area contributed by atoms with E-state index in [0.29, 0.717) is 11.4 Å². The maximum atomic E-state index is 12.1. The lowest BCUT2D eigenvalue weighted by Crippen LogP contribution is -2.25. The lowest BCUT2D eigenvalue weighted by atomic mass is 10.2. The van der Waals surface area contributed by atoms with Crippen molar-refractivity contribution in [2.24, 2.45) is 0 Å². The Labute approximate surface area is 123 Å². The maximum absolute atomic E-state index is 12.1. The van der Waals surface area contributed by atoms with E-state index in [9.17, 15) is 4.79 Å². The number of rotatable bonds is 8. The van der Waals surface area contributed by atoms with Gasteiger partial charge >= 0.3 is 0 Å². The first-order chi connectivity index (χ1) is 9.19. The van der Waals surface area contributed by atoms with E-state index in [-0.39, 0.29) is 5.91 Å². The molecular formula is C14H22BrN3O. The van der Waals surface area contributed by atoms with Crippen molar-refractivity contribution < 1.29 is 4.79 Å². The first kappa shape index (κ1) is 16.0. The summed E-state index contributed by atoms with van der Waals surface area (Å²) in [6.07, 6.45) is 6.30. The second-order valence-electron chi connectivity index (χ2n) is 4.40. The molecule has 0 aliphatic heterocycles. The number of halogens is 1. The first-order valence-electron chi connectivity index (χ1n) is 6.86. The SMILES string of the molecule is CCCCCCNC(=O)c1cc(Br)cnc1NCC. The summed E-state index contributed by atoms with van der Waals surface area (Å²) in [5, 5.41) is 6.05. The summed E-state index contributed by atoms with van der Waals surface area (Å²) < 4.78 is 0.810. The molecule has 0 fully saturated rings. The number of carbonyl (C=O) groups excluding carboxylic acids is 1. The van der Waals surface area contributed by atoms with Gasteiger partial charge in [-0.3, -0.25) is 4.79 Å². The molecule has 106 valence electrons. The summed E-state index contributed by atoms with van der Waals surface area (Å²) in [7, 11) is 0. The molecule has 0 bridgehead atoms. The molecule has 19 heavy (non-hydrogen) atoms. The number of unbranched alkanes of at least 4 members (excludes halogenated alkanes) is 3. The summed E-state index contributed by atoms with van der Waals surface area (Å²) in [5.74, 6) is 0.568. The number of carbonyl (C=O) groups is 1. The van der Waals surface area contributed by atoms with Crippen LogP contribution in [0.25, 0.3) is 0 Å². The van der Waals surface area contributed by atoms with Gasteiger partial charge in [-0.05, 0) is 35.3 Å². The van der Waals surface area contributed by atoms with Crippen LogP contribution < -0.4 is 10.6 Å². The number of nitrogens with one attached hydrogen (secondary N) is 2. The Morgan fingerprint density at radius 1 is 1.32 bits per heavy atom. The number of nitrogens with zero attached hydrogens (tertiary/aromatic N) is 1. The highest BCUT2D eigenvalue weighted by atomic mass is 79.9. The number of amides is 1. The van der Waals surface area contributed by atoms with Crippen molar-refractivity contribution in [1.82, 2.24) is 10.3 Å². The fourth-order valence-corrected chi connectivity index (χ4v) is 2.10. The number of hydrogen-bond donors (Lipinski definition) is 2. The molecule has 1 amide bonds. The summed E-state index contributed by atoms with van der Waals surface area (Å²) in [5.41, 5.74) is 0.590. The highest BCUT2D eigenvalue weighted by Gasteiger charge is 2.12. The van der Waals surface area contributed by atoms with Gasteiger partial charge in [0.15, 0.2) is 0 Å². The molecule has 4 nitrogen and oxygen atoms in total. The lowest BCUT2D eigenvalue weighted by Gasteiger charge is -2.10. The molecule has 0 atom stereocenters. The molecule has 1 rings (SSSR count). The second kappa shape index (κ2) is 8.91. The normalized spacial score (nSPS) is 10.3. The van der Waals surface area contributed by atoms with E-state index < -0.39 is 0 Å². The van der Waals surface area contributed by atoms with Gasteiger partial charge in [0.2, 0.25) is 0 Å². The molecule has 1 aromatic rings. The zero-order valence-electron chi connectivity index (χ0n) is 11.6. The molecule has 0 radical (unpaired) electrons. The van der Waals surface area contributed by atoms with Gasteiger partial charge in [-0.2, -0.15) is 0 Å². The number of hydrogen-bond acceptors (Lipinski definition) is 3. The van der Waals surface area contributed by atoms with E-state index in [1.807, 2.05) is 6.92 Å². The number of pyridine rings is 1. The second-order valence-corrected chi connectivity index (χ2v) is 5.31. The molecule has 5 heteroatoms.